The fourth-order valence-electron chi connectivity index (χ4n) is 3.44. The zero-order valence-electron chi connectivity index (χ0n) is 18.0. The van der Waals surface area contributed by atoms with E-state index in [1.807, 2.05) is 26.0 Å². The van der Waals surface area contributed by atoms with E-state index < -0.39 is 0 Å². The van der Waals surface area contributed by atoms with Gasteiger partial charge in [0.1, 0.15) is 5.76 Å². The molecule has 0 saturated carbocycles. The fourth-order valence-corrected chi connectivity index (χ4v) is 4.13. The number of nitrogens with one attached hydrogen (secondary N) is 2. The molecule has 0 bridgehead atoms. The quantitative estimate of drug-likeness (QED) is 0.470. The Morgan fingerprint density at radius 3 is 2.70 bits per heavy atom. The van der Waals surface area contributed by atoms with E-state index in [9.17, 15) is 4.79 Å². The lowest BCUT2D eigenvalue weighted by Crippen LogP contribution is -2.54. The second-order valence-electron chi connectivity index (χ2n) is 7.78. The number of furan rings is 1. The predicted octanol–water partition coefficient (Wildman–Crippen LogP) is 2.21. The Hall–Kier alpha value is -2.32. The van der Waals surface area contributed by atoms with Gasteiger partial charge in [-0.3, -0.25) is 14.7 Å². The standard InChI is InChI=1S/C22H33N5O2S/c1-18(2)25-21(28)17-26-11-13-27(14-12-26)22(23-9-7-19-5-3-15-29-19)24-10-8-20-6-4-16-30-20/h3-6,15-16,18H,7-14,17H2,1-2H3,(H,23,24)(H,25,28). The normalized spacial score (nSPS) is 15.6. The lowest BCUT2D eigenvalue weighted by Gasteiger charge is -2.36. The molecule has 0 aromatic carbocycles. The van der Waals surface area contributed by atoms with Crippen LogP contribution in [0.2, 0.25) is 0 Å². The largest absolute Gasteiger partial charge is 0.469 e. The van der Waals surface area contributed by atoms with Gasteiger partial charge in [0.2, 0.25) is 5.91 Å². The molecule has 30 heavy (non-hydrogen) atoms. The number of carbonyl (C=O) groups excluding carboxylic acids is 1. The second-order valence-corrected chi connectivity index (χ2v) is 8.81. The summed E-state index contributed by atoms with van der Waals surface area (Å²) in [6.07, 6.45) is 3.49. The van der Waals surface area contributed by atoms with Gasteiger partial charge in [0, 0.05) is 63.0 Å². The molecule has 3 rings (SSSR count). The van der Waals surface area contributed by atoms with E-state index in [4.69, 9.17) is 9.41 Å². The molecule has 7 nitrogen and oxygen atoms in total. The van der Waals surface area contributed by atoms with Crippen molar-refractivity contribution in [3.8, 4) is 0 Å². The van der Waals surface area contributed by atoms with Crippen LogP contribution in [-0.2, 0) is 17.6 Å². The zero-order chi connectivity index (χ0) is 21.2. The summed E-state index contributed by atoms with van der Waals surface area (Å²) >= 11 is 1.78. The summed E-state index contributed by atoms with van der Waals surface area (Å²) in [5, 5.41) is 8.59. The van der Waals surface area contributed by atoms with Gasteiger partial charge in [0.05, 0.1) is 12.8 Å². The minimum absolute atomic E-state index is 0.0971. The van der Waals surface area contributed by atoms with Gasteiger partial charge in [-0.25, -0.2) is 0 Å². The van der Waals surface area contributed by atoms with Crippen LogP contribution in [0.3, 0.4) is 0 Å². The first-order valence-corrected chi connectivity index (χ1v) is 11.6. The Morgan fingerprint density at radius 1 is 1.20 bits per heavy atom. The van der Waals surface area contributed by atoms with Crippen LogP contribution >= 0.6 is 11.3 Å². The number of aliphatic imine (C=N–C) groups is 1. The molecule has 0 atom stereocenters. The maximum Gasteiger partial charge on any atom is 0.234 e. The Morgan fingerprint density at radius 2 is 2.03 bits per heavy atom. The van der Waals surface area contributed by atoms with Crippen molar-refractivity contribution in [3.63, 3.8) is 0 Å². The van der Waals surface area contributed by atoms with Crippen LogP contribution in [0.5, 0.6) is 0 Å². The minimum atomic E-state index is 0.0971. The summed E-state index contributed by atoms with van der Waals surface area (Å²) in [6, 6.07) is 8.33. The van der Waals surface area contributed by atoms with Gasteiger partial charge in [0.15, 0.2) is 5.96 Å². The number of piperazine rings is 1. The van der Waals surface area contributed by atoms with Crippen molar-refractivity contribution >= 4 is 23.2 Å². The molecule has 0 radical (unpaired) electrons. The first kappa shape index (κ1) is 22.4. The maximum atomic E-state index is 12.0. The van der Waals surface area contributed by atoms with Crippen LogP contribution in [-0.4, -0.2) is 73.5 Å². The number of rotatable bonds is 9. The summed E-state index contributed by atoms with van der Waals surface area (Å²) in [5.41, 5.74) is 0. The first-order chi connectivity index (χ1) is 14.6. The van der Waals surface area contributed by atoms with Gasteiger partial charge in [-0.15, -0.1) is 11.3 Å². The number of amides is 1. The molecule has 8 heteroatoms. The molecule has 1 fully saturated rings. The van der Waals surface area contributed by atoms with E-state index in [1.54, 1.807) is 17.6 Å². The number of carbonyl (C=O) groups is 1. The van der Waals surface area contributed by atoms with Crippen LogP contribution in [0.4, 0.5) is 0 Å². The SMILES string of the molecule is CC(C)NC(=O)CN1CCN(C(=NCCc2cccs2)NCCc2ccco2)CC1. The summed E-state index contributed by atoms with van der Waals surface area (Å²) in [4.78, 5) is 22.8. The first-order valence-electron chi connectivity index (χ1n) is 10.7. The van der Waals surface area contributed by atoms with Crippen molar-refractivity contribution in [3.05, 3.63) is 46.5 Å². The van der Waals surface area contributed by atoms with Crippen molar-refractivity contribution < 1.29 is 9.21 Å². The van der Waals surface area contributed by atoms with Gasteiger partial charge in [-0.2, -0.15) is 0 Å². The van der Waals surface area contributed by atoms with E-state index in [1.165, 1.54) is 4.88 Å². The molecule has 3 heterocycles. The zero-order valence-corrected chi connectivity index (χ0v) is 18.8. The van der Waals surface area contributed by atoms with Crippen molar-refractivity contribution in [2.75, 3.05) is 45.8 Å². The van der Waals surface area contributed by atoms with Crippen LogP contribution in [0.1, 0.15) is 24.5 Å². The van der Waals surface area contributed by atoms with E-state index in [2.05, 4.69) is 37.9 Å². The highest BCUT2D eigenvalue weighted by Gasteiger charge is 2.21. The number of guanidine groups is 1. The molecule has 0 unspecified atom stereocenters. The molecule has 164 valence electrons. The van der Waals surface area contributed by atoms with Crippen LogP contribution < -0.4 is 10.6 Å². The molecule has 2 aromatic rings. The van der Waals surface area contributed by atoms with Crippen molar-refractivity contribution in [2.45, 2.75) is 32.7 Å². The van der Waals surface area contributed by atoms with Gasteiger partial charge in [-0.1, -0.05) is 6.07 Å². The van der Waals surface area contributed by atoms with E-state index in [0.29, 0.717) is 6.54 Å². The summed E-state index contributed by atoms with van der Waals surface area (Å²) in [5.74, 6) is 2.02. The van der Waals surface area contributed by atoms with E-state index >= 15 is 0 Å². The molecule has 1 aliphatic rings. The Bertz CT molecular complexity index is 766. The van der Waals surface area contributed by atoms with Gasteiger partial charge >= 0.3 is 0 Å². The number of nitrogens with zero attached hydrogens (tertiary/aromatic N) is 3. The highest BCUT2D eigenvalue weighted by Crippen LogP contribution is 2.09. The number of hydrogen-bond acceptors (Lipinski definition) is 5. The Kier molecular flexibility index (Phi) is 8.77. The molecule has 1 saturated heterocycles. The monoisotopic (exact) mass is 431 g/mol. The molecule has 1 amide bonds. The van der Waals surface area contributed by atoms with Gasteiger partial charge in [-0.05, 0) is 37.4 Å². The topological polar surface area (TPSA) is 73.1 Å². The lowest BCUT2D eigenvalue weighted by molar-refractivity contribution is -0.123. The number of thiophene rings is 1. The highest BCUT2D eigenvalue weighted by atomic mass is 32.1. The van der Waals surface area contributed by atoms with Crippen molar-refractivity contribution in [2.24, 2.45) is 4.99 Å². The molecular formula is C22H33N5O2S. The summed E-state index contributed by atoms with van der Waals surface area (Å²) in [6.45, 7) is 9.42. The summed E-state index contributed by atoms with van der Waals surface area (Å²) < 4.78 is 5.43. The Balaban J connectivity index is 1.51. The molecule has 0 aliphatic carbocycles. The van der Waals surface area contributed by atoms with Gasteiger partial charge < -0.3 is 20.0 Å². The summed E-state index contributed by atoms with van der Waals surface area (Å²) in [7, 11) is 0. The van der Waals surface area contributed by atoms with Crippen molar-refractivity contribution in [1.29, 1.82) is 0 Å². The smallest absolute Gasteiger partial charge is 0.234 e. The molecular weight excluding hydrogens is 398 g/mol. The maximum absolute atomic E-state index is 12.0. The van der Waals surface area contributed by atoms with Crippen LogP contribution in [0.15, 0.2) is 45.3 Å². The van der Waals surface area contributed by atoms with Crippen LogP contribution in [0.25, 0.3) is 0 Å². The second kappa shape index (κ2) is 11.8. The third kappa shape index (κ3) is 7.50. The van der Waals surface area contributed by atoms with E-state index in [0.717, 1.165) is 63.8 Å². The third-order valence-corrected chi connectivity index (χ3v) is 5.86. The molecule has 1 aliphatic heterocycles. The van der Waals surface area contributed by atoms with Crippen molar-refractivity contribution in [1.82, 2.24) is 20.4 Å². The third-order valence-electron chi connectivity index (χ3n) is 4.92. The average Bonchev–Trinajstić information content (AvgIpc) is 3.41. The van der Waals surface area contributed by atoms with Gasteiger partial charge in [0.25, 0.3) is 0 Å². The molecule has 2 aromatic heterocycles. The van der Waals surface area contributed by atoms with E-state index in [-0.39, 0.29) is 11.9 Å². The fraction of sp³-hybridized carbons (Fsp3) is 0.545. The lowest BCUT2D eigenvalue weighted by atomic mass is 10.3. The molecule has 2 N–H and O–H groups in total. The average molecular weight is 432 g/mol. The molecule has 0 spiro atoms. The Labute approximate surface area is 183 Å². The number of hydrogen-bond donors (Lipinski definition) is 2. The van der Waals surface area contributed by atoms with Crippen LogP contribution in [0, 0.1) is 0 Å². The minimum Gasteiger partial charge on any atom is -0.469 e. The predicted molar refractivity (Wildman–Crippen MR) is 122 cm³/mol. The highest BCUT2D eigenvalue weighted by molar-refractivity contribution is 7.09.